The molecule has 1 nitrogen and oxygen atoms in total. The molecule has 0 spiro atoms. The van der Waals surface area contributed by atoms with Gasteiger partial charge in [0.15, 0.2) is 0 Å². The van der Waals surface area contributed by atoms with Crippen molar-refractivity contribution in [2.24, 2.45) is 0 Å². The van der Waals surface area contributed by atoms with Gasteiger partial charge in [-0.25, -0.2) is 4.39 Å². The van der Waals surface area contributed by atoms with Crippen LogP contribution >= 0.6 is 11.6 Å². The lowest BCUT2D eigenvalue weighted by atomic mass is 9.99. The van der Waals surface area contributed by atoms with E-state index in [1.165, 1.54) is 17.7 Å². The number of rotatable bonds is 7. The molecule has 2 aromatic carbocycles. The van der Waals surface area contributed by atoms with Crippen molar-refractivity contribution in [3.8, 4) is 0 Å². The summed E-state index contributed by atoms with van der Waals surface area (Å²) in [5.41, 5.74) is 2.28. The lowest BCUT2D eigenvalue weighted by Crippen LogP contribution is -2.22. The molecule has 0 amide bonds. The number of hydrogen-bond acceptors (Lipinski definition) is 1. The molecule has 21 heavy (non-hydrogen) atoms. The Kier molecular flexibility index (Phi) is 6.21. The van der Waals surface area contributed by atoms with Crippen LogP contribution in [0.1, 0.15) is 36.9 Å². The highest BCUT2D eigenvalue weighted by Crippen LogP contribution is 2.23. The van der Waals surface area contributed by atoms with Gasteiger partial charge in [-0.1, -0.05) is 54.9 Å². The molecule has 0 heterocycles. The first-order chi connectivity index (χ1) is 10.2. The second-order valence-electron chi connectivity index (χ2n) is 5.19. The van der Waals surface area contributed by atoms with E-state index in [9.17, 15) is 4.39 Å². The SMILES string of the molecule is CCCNC(CCc1ccc(F)cc1Cl)c1ccccc1. The molecule has 1 unspecified atom stereocenters. The highest BCUT2D eigenvalue weighted by atomic mass is 35.5. The van der Waals surface area contributed by atoms with Crippen LogP contribution in [0.2, 0.25) is 5.02 Å². The molecule has 0 bridgehead atoms. The van der Waals surface area contributed by atoms with Crippen LogP contribution in [0.25, 0.3) is 0 Å². The fraction of sp³-hybridized carbons (Fsp3) is 0.333. The summed E-state index contributed by atoms with van der Waals surface area (Å²) in [5, 5.41) is 4.08. The number of hydrogen-bond donors (Lipinski definition) is 1. The molecule has 0 aliphatic carbocycles. The highest BCUT2D eigenvalue weighted by Gasteiger charge is 2.11. The Morgan fingerprint density at radius 1 is 1.14 bits per heavy atom. The highest BCUT2D eigenvalue weighted by molar-refractivity contribution is 6.31. The fourth-order valence-corrected chi connectivity index (χ4v) is 2.68. The Hall–Kier alpha value is -1.38. The molecule has 0 saturated heterocycles. The second-order valence-corrected chi connectivity index (χ2v) is 5.60. The van der Waals surface area contributed by atoms with Gasteiger partial charge in [0, 0.05) is 11.1 Å². The Morgan fingerprint density at radius 2 is 1.90 bits per heavy atom. The summed E-state index contributed by atoms with van der Waals surface area (Å²) in [5.74, 6) is -0.285. The number of nitrogens with one attached hydrogen (secondary N) is 1. The first-order valence-electron chi connectivity index (χ1n) is 7.43. The lowest BCUT2D eigenvalue weighted by Gasteiger charge is -2.19. The van der Waals surface area contributed by atoms with Gasteiger partial charge in [-0.05, 0) is 49.1 Å². The van der Waals surface area contributed by atoms with Gasteiger partial charge in [0.05, 0.1) is 0 Å². The minimum atomic E-state index is -0.285. The van der Waals surface area contributed by atoms with E-state index in [4.69, 9.17) is 11.6 Å². The topological polar surface area (TPSA) is 12.0 Å². The molecule has 2 rings (SSSR count). The molecule has 0 aliphatic heterocycles. The van der Waals surface area contributed by atoms with E-state index in [1.807, 2.05) is 6.07 Å². The van der Waals surface area contributed by atoms with Crippen molar-refractivity contribution in [1.82, 2.24) is 5.32 Å². The van der Waals surface area contributed by atoms with Gasteiger partial charge >= 0.3 is 0 Å². The van der Waals surface area contributed by atoms with Crippen molar-refractivity contribution in [1.29, 1.82) is 0 Å². The van der Waals surface area contributed by atoms with Crippen molar-refractivity contribution < 1.29 is 4.39 Å². The van der Waals surface area contributed by atoms with Gasteiger partial charge in [-0.15, -0.1) is 0 Å². The molecule has 112 valence electrons. The van der Waals surface area contributed by atoms with Gasteiger partial charge in [0.2, 0.25) is 0 Å². The number of benzene rings is 2. The molecule has 1 N–H and O–H groups in total. The van der Waals surface area contributed by atoms with Gasteiger partial charge < -0.3 is 5.32 Å². The van der Waals surface area contributed by atoms with Crippen molar-refractivity contribution in [3.05, 3.63) is 70.5 Å². The Bertz CT molecular complexity index is 556. The summed E-state index contributed by atoms with van der Waals surface area (Å²) < 4.78 is 13.1. The van der Waals surface area contributed by atoms with Crippen molar-refractivity contribution in [2.45, 2.75) is 32.2 Å². The predicted octanol–water partition coefficient (Wildman–Crippen LogP) is 5.15. The summed E-state index contributed by atoms with van der Waals surface area (Å²) in [4.78, 5) is 0. The second kappa shape index (κ2) is 8.16. The van der Waals surface area contributed by atoms with Crippen LogP contribution in [0.3, 0.4) is 0 Å². The van der Waals surface area contributed by atoms with Crippen LogP contribution in [0.4, 0.5) is 4.39 Å². The summed E-state index contributed by atoms with van der Waals surface area (Å²) in [7, 11) is 0. The largest absolute Gasteiger partial charge is 0.310 e. The van der Waals surface area contributed by atoms with E-state index in [0.717, 1.165) is 31.4 Å². The third kappa shape index (κ3) is 4.83. The average molecular weight is 306 g/mol. The Morgan fingerprint density at radius 3 is 2.57 bits per heavy atom. The zero-order chi connectivity index (χ0) is 15.1. The maximum Gasteiger partial charge on any atom is 0.124 e. The maximum absolute atomic E-state index is 13.1. The van der Waals surface area contributed by atoms with E-state index in [0.29, 0.717) is 11.1 Å². The van der Waals surface area contributed by atoms with Crippen LogP contribution in [-0.4, -0.2) is 6.54 Å². The summed E-state index contributed by atoms with van der Waals surface area (Å²) in [6.45, 7) is 3.14. The van der Waals surface area contributed by atoms with Gasteiger partial charge in [-0.2, -0.15) is 0 Å². The molecule has 0 saturated carbocycles. The van der Waals surface area contributed by atoms with Gasteiger partial charge in [0.1, 0.15) is 5.82 Å². The van der Waals surface area contributed by atoms with Gasteiger partial charge in [-0.3, -0.25) is 0 Å². The van der Waals surface area contributed by atoms with Crippen LogP contribution in [0.15, 0.2) is 48.5 Å². The van der Waals surface area contributed by atoms with Gasteiger partial charge in [0.25, 0.3) is 0 Å². The Labute approximate surface area is 131 Å². The summed E-state index contributed by atoms with van der Waals surface area (Å²) >= 11 is 6.10. The zero-order valence-electron chi connectivity index (χ0n) is 12.3. The fourth-order valence-electron chi connectivity index (χ4n) is 2.41. The van der Waals surface area contributed by atoms with E-state index < -0.39 is 0 Å². The predicted molar refractivity (Wildman–Crippen MR) is 87.2 cm³/mol. The third-order valence-electron chi connectivity index (χ3n) is 3.56. The normalized spacial score (nSPS) is 12.3. The quantitative estimate of drug-likeness (QED) is 0.745. The number of aryl methyl sites for hydroxylation is 1. The molecule has 0 aliphatic rings. The summed E-state index contributed by atoms with van der Waals surface area (Å²) in [6, 6.07) is 15.3. The first-order valence-corrected chi connectivity index (χ1v) is 7.80. The van der Waals surface area contributed by atoms with E-state index >= 15 is 0 Å². The summed E-state index contributed by atoms with van der Waals surface area (Å²) in [6.07, 6.45) is 2.87. The van der Waals surface area contributed by atoms with Crippen LogP contribution in [0.5, 0.6) is 0 Å². The standard InChI is InChI=1S/C18H21ClFN/c1-2-12-21-18(15-6-4-3-5-7-15)11-9-14-8-10-16(20)13-17(14)19/h3-8,10,13,18,21H,2,9,11-12H2,1H3. The third-order valence-corrected chi connectivity index (χ3v) is 3.91. The molecule has 0 radical (unpaired) electrons. The minimum absolute atomic E-state index is 0.285. The van der Waals surface area contributed by atoms with E-state index in [2.05, 4.69) is 36.5 Å². The first kappa shape index (κ1) is 16.0. The van der Waals surface area contributed by atoms with Crippen molar-refractivity contribution in [3.63, 3.8) is 0 Å². The lowest BCUT2D eigenvalue weighted by molar-refractivity contribution is 0.499. The van der Waals surface area contributed by atoms with E-state index in [-0.39, 0.29) is 5.82 Å². The smallest absolute Gasteiger partial charge is 0.124 e. The molecule has 2 aromatic rings. The Balaban J connectivity index is 2.05. The maximum atomic E-state index is 13.1. The monoisotopic (exact) mass is 305 g/mol. The molecular formula is C18H21ClFN. The molecule has 3 heteroatoms. The average Bonchev–Trinajstić information content (AvgIpc) is 2.50. The van der Waals surface area contributed by atoms with Crippen LogP contribution in [0, 0.1) is 5.82 Å². The van der Waals surface area contributed by atoms with Crippen LogP contribution < -0.4 is 5.32 Å². The molecule has 0 fully saturated rings. The number of halogens is 2. The minimum Gasteiger partial charge on any atom is -0.310 e. The molecule has 0 aromatic heterocycles. The van der Waals surface area contributed by atoms with Crippen molar-refractivity contribution in [2.75, 3.05) is 6.54 Å². The van der Waals surface area contributed by atoms with E-state index in [1.54, 1.807) is 6.07 Å². The molecular weight excluding hydrogens is 285 g/mol. The van der Waals surface area contributed by atoms with Crippen molar-refractivity contribution >= 4 is 11.6 Å². The van der Waals surface area contributed by atoms with Crippen LogP contribution in [-0.2, 0) is 6.42 Å². The zero-order valence-corrected chi connectivity index (χ0v) is 13.0. The molecule has 1 atom stereocenters.